The van der Waals surface area contributed by atoms with Gasteiger partial charge in [-0.3, -0.25) is 4.79 Å². The van der Waals surface area contributed by atoms with Gasteiger partial charge in [0, 0.05) is 46.3 Å². The zero-order valence-electron chi connectivity index (χ0n) is 20.2. The van der Waals surface area contributed by atoms with Crippen LogP contribution in [0.25, 0.3) is 0 Å². The summed E-state index contributed by atoms with van der Waals surface area (Å²) in [6.45, 7) is 1.56. The smallest absolute Gasteiger partial charge is 0.381 e. The molecule has 1 N–H and O–H groups in total. The van der Waals surface area contributed by atoms with Crippen LogP contribution < -0.4 is 5.32 Å². The lowest BCUT2D eigenvalue weighted by atomic mass is 9.79. The number of nitrogens with zero attached hydrogens (tertiary/aromatic N) is 1. The number of halogens is 6. The Bertz CT molecular complexity index is 900. The number of benzene rings is 1. The molecule has 1 aliphatic carbocycles. The van der Waals surface area contributed by atoms with Gasteiger partial charge in [0.2, 0.25) is 5.91 Å². The molecule has 11 heteroatoms. The number of amides is 1. The molecule has 2 saturated heterocycles. The van der Waals surface area contributed by atoms with Crippen LogP contribution in [0.1, 0.15) is 55.2 Å². The van der Waals surface area contributed by atoms with Gasteiger partial charge in [0.15, 0.2) is 0 Å². The molecule has 0 radical (unpaired) electrons. The van der Waals surface area contributed by atoms with E-state index in [9.17, 15) is 31.1 Å². The normalized spacial score (nSPS) is 24.6. The molecular formula is C25H32F6N2O3. The minimum absolute atomic E-state index is 0.0652. The Morgan fingerprint density at radius 2 is 1.67 bits per heavy atom. The Balaban J connectivity index is 1.71. The van der Waals surface area contributed by atoms with Crippen molar-refractivity contribution in [2.24, 2.45) is 11.3 Å². The van der Waals surface area contributed by atoms with Crippen LogP contribution in [-0.4, -0.2) is 56.4 Å². The molecule has 1 saturated carbocycles. The summed E-state index contributed by atoms with van der Waals surface area (Å²) in [6.07, 6.45) is -5.68. The van der Waals surface area contributed by atoms with Crippen molar-refractivity contribution in [1.82, 2.24) is 10.2 Å². The first-order valence-corrected chi connectivity index (χ1v) is 12.3. The lowest BCUT2D eigenvalue weighted by molar-refractivity contribution is -0.152. The van der Waals surface area contributed by atoms with Gasteiger partial charge >= 0.3 is 12.4 Å². The van der Waals surface area contributed by atoms with E-state index >= 15 is 0 Å². The number of hydrogen-bond donors (Lipinski definition) is 1. The molecule has 202 valence electrons. The van der Waals surface area contributed by atoms with E-state index in [0.717, 1.165) is 12.8 Å². The van der Waals surface area contributed by atoms with E-state index in [-0.39, 0.29) is 30.6 Å². The van der Waals surface area contributed by atoms with Crippen LogP contribution in [0.4, 0.5) is 26.3 Å². The van der Waals surface area contributed by atoms with Crippen LogP contribution in [0, 0.1) is 11.3 Å². The molecule has 5 nitrogen and oxygen atoms in total. The van der Waals surface area contributed by atoms with Gasteiger partial charge in [-0.05, 0) is 49.1 Å². The molecule has 4 rings (SSSR count). The Labute approximate surface area is 206 Å². The van der Waals surface area contributed by atoms with E-state index in [0.29, 0.717) is 70.0 Å². The van der Waals surface area contributed by atoms with Gasteiger partial charge in [-0.2, -0.15) is 26.3 Å². The first kappa shape index (κ1) is 27.2. The maximum Gasteiger partial charge on any atom is 0.416 e. The Hall–Kier alpha value is -1.85. The number of alkyl halides is 6. The van der Waals surface area contributed by atoms with Crippen molar-refractivity contribution in [3.63, 3.8) is 0 Å². The summed E-state index contributed by atoms with van der Waals surface area (Å²) < 4.78 is 92.1. The molecule has 1 aromatic rings. The number of carbonyl (C=O) groups is 1. The summed E-state index contributed by atoms with van der Waals surface area (Å²) in [5, 5.41) is 3.23. The summed E-state index contributed by atoms with van der Waals surface area (Å²) in [5.41, 5.74) is -4.49. The molecule has 2 heterocycles. The molecule has 1 amide bonds. The van der Waals surface area contributed by atoms with Crippen LogP contribution in [0.15, 0.2) is 18.2 Å². The average molecular weight is 523 g/mol. The minimum atomic E-state index is -4.96. The van der Waals surface area contributed by atoms with Crippen molar-refractivity contribution in [1.29, 1.82) is 0 Å². The molecular weight excluding hydrogens is 490 g/mol. The fourth-order valence-corrected chi connectivity index (χ4v) is 5.45. The van der Waals surface area contributed by atoms with Crippen molar-refractivity contribution < 1.29 is 40.6 Å². The fraction of sp³-hybridized carbons (Fsp3) is 0.720. The predicted molar refractivity (Wildman–Crippen MR) is 119 cm³/mol. The van der Waals surface area contributed by atoms with E-state index in [1.807, 2.05) is 0 Å². The summed E-state index contributed by atoms with van der Waals surface area (Å²) in [7, 11) is 1.51. The highest BCUT2D eigenvalue weighted by molar-refractivity contribution is 5.83. The van der Waals surface area contributed by atoms with Gasteiger partial charge in [-0.15, -0.1) is 0 Å². The Kier molecular flexibility index (Phi) is 7.65. The zero-order chi connectivity index (χ0) is 26.2. The third kappa shape index (κ3) is 6.16. The Morgan fingerprint density at radius 3 is 2.14 bits per heavy atom. The third-order valence-corrected chi connectivity index (χ3v) is 7.70. The quantitative estimate of drug-likeness (QED) is 0.487. The van der Waals surface area contributed by atoms with E-state index in [2.05, 4.69) is 5.32 Å². The largest absolute Gasteiger partial charge is 0.416 e. The van der Waals surface area contributed by atoms with E-state index in [1.165, 1.54) is 12.0 Å². The second kappa shape index (κ2) is 10.1. The highest BCUT2D eigenvalue weighted by Crippen LogP contribution is 2.45. The second-order valence-electron chi connectivity index (χ2n) is 10.4. The van der Waals surface area contributed by atoms with Gasteiger partial charge in [0.25, 0.3) is 0 Å². The number of hydrogen-bond acceptors (Lipinski definition) is 4. The number of methoxy groups -OCH3 is 1. The Morgan fingerprint density at radius 1 is 1.06 bits per heavy atom. The summed E-state index contributed by atoms with van der Waals surface area (Å²) in [6, 6.07) is 1.53. The first-order valence-electron chi connectivity index (χ1n) is 12.3. The maximum atomic E-state index is 14.1. The molecule has 36 heavy (non-hydrogen) atoms. The van der Waals surface area contributed by atoms with Crippen molar-refractivity contribution >= 4 is 5.91 Å². The van der Waals surface area contributed by atoms with Crippen LogP contribution in [0.2, 0.25) is 0 Å². The second-order valence-corrected chi connectivity index (χ2v) is 10.4. The summed E-state index contributed by atoms with van der Waals surface area (Å²) in [5.74, 6) is 0.175. The molecule has 3 aliphatic rings. The average Bonchev–Trinajstić information content (AvgIpc) is 3.50. The zero-order valence-corrected chi connectivity index (χ0v) is 20.2. The summed E-state index contributed by atoms with van der Waals surface area (Å²) in [4.78, 5) is 15.5. The number of rotatable bonds is 8. The number of carbonyl (C=O) groups excluding carboxylic acids is 1. The molecule has 1 unspecified atom stereocenters. The molecule has 0 bridgehead atoms. The van der Waals surface area contributed by atoms with Gasteiger partial charge in [0.1, 0.15) is 0 Å². The van der Waals surface area contributed by atoms with Crippen LogP contribution in [0.5, 0.6) is 0 Å². The van der Waals surface area contributed by atoms with Crippen LogP contribution >= 0.6 is 0 Å². The number of ether oxygens (including phenoxy) is 2. The topological polar surface area (TPSA) is 50.8 Å². The maximum absolute atomic E-state index is 14.1. The molecule has 0 spiro atoms. The van der Waals surface area contributed by atoms with Gasteiger partial charge < -0.3 is 19.7 Å². The predicted octanol–water partition coefficient (Wildman–Crippen LogP) is 5.03. The molecule has 2 aliphatic heterocycles. The summed E-state index contributed by atoms with van der Waals surface area (Å²) >= 11 is 0. The molecule has 0 aromatic heterocycles. The fourth-order valence-electron chi connectivity index (χ4n) is 5.45. The monoisotopic (exact) mass is 522 g/mol. The van der Waals surface area contributed by atoms with E-state index in [1.54, 1.807) is 0 Å². The van der Waals surface area contributed by atoms with Crippen LogP contribution in [0.3, 0.4) is 0 Å². The van der Waals surface area contributed by atoms with Crippen molar-refractivity contribution in [3.8, 4) is 0 Å². The van der Waals surface area contributed by atoms with E-state index < -0.39 is 34.5 Å². The van der Waals surface area contributed by atoms with E-state index in [4.69, 9.17) is 9.47 Å². The van der Waals surface area contributed by atoms with Crippen LogP contribution in [-0.2, 0) is 33.2 Å². The minimum Gasteiger partial charge on any atom is -0.381 e. The number of nitrogens with one attached hydrogen (secondary N) is 1. The highest BCUT2D eigenvalue weighted by atomic mass is 19.4. The van der Waals surface area contributed by atoms with Gasteiger partial charge in [-0.1, -0.05) is 12.8 Å². The highest BCUT2D eigenvalue weighted by Gasteiger charge is 2.48. The van der Waals surface area contributed by atoms with Gasteiger partial charge in [0.05, 0.1) is 28.7 Å². The van der Waals surface area contributed by atoms with Crippen molar-refractivity contribution in [2.75, 3.05) is 40.0 Å². The van der Waals surface area contributed by atoms with Crippen molar-refractivity contribution in [2.45, 2.75) is 63.0 Å². The lowest BCUT2D eigenvalue weighted by Crippen LogP contribution is -2.53. The van der Waals surface area contributed by atoms with Crippen molar-refractivity contribution in [3.05, 3.63) is 34.9 Å². The lowest BCUT2D eigenvalue weighted by Gasteiger charge is -2.42. The SMILES string of the molecule is COC1(CN(Cc2cc(C(F)(F)F)cc(C(F)(F)F)c2)C(=O)C2(CC3CC3)CCNC2)CCOCC1. The molecule has 1 atom stereocenters. The van der Waals surface area contributed by atoms with Gasteiger partial charge in [-0.25, -0.2) is 0 Å². The first-order chi connectivity index (χ1) is 16.9. The molecule has 3 fully saturated rings. The molecule has 1 aromatic carbocycles. The standard InChI is InChI=1S/C25H32F6N2O3/c1-35-23(5-8-36-9-6-23)16-33(21(34)22(4-7-32-15-22)13-17-2-3-17)14-18-10-19(24(26,27)28)12-20(11-18)25(29,30)31/h10-12,17,32H,2-9,13-16H2,1H3. The third-order valence-electron chi connectivity index (χ3n) is 7.70.